The van der Waals surface area contributed by atoms with Crippen molar-refractivity contribution in [1.29, 1.82) is 0 Å². The van der Waals surface area contributed by atoms with Crippen LogP contribution in [0.4, 0.5) is 0 Å². The minimum absolute atomic E-state index is 0.0110. The molecule has 0 rings (SSSR count). The summed E-state index contributed by atoms with van der Waals surface area (Å²) in [7, 11) is 0. The molecule has 0 aliphatic carbocycles. The van der Waals surface area contributed by atoms with Crippen LogP contribution in [0.1, 0.15) is 27.2 Å². The molecule has 0 heterocycles. The Kier molecular flexibility index (Phi) is 7.04. The molecular weight excluding hydrogens is 188 g/mol. The van der Waals surface area contributed by atoms with E-state index in [0.717, 1.165) is 0 Å². The van der Waals surface area contributed by atoms with Crippen LogP contribution in [0, 0.1) is 0 Å². The lowest BCUT2D eigenvalue weighted by Crippen LogP contribution is -2.35. The van der Waals surface area contributed by atoms with E-state index in [2.05, 4.69) is 0 Å². The van der Waals surface area contributed by atoms with Crippen molar-refractivity contribution in [3.8, 4) is 0 Å². The molecule has 0 fully saturated rings. The van der Waals surface area contributed by atoms with E-state index in [1.807, 2.05) is 6.92 Å². The average Bonchev–Trinajstić information content (AvgIpc) is 2.09. The standard InChI is InChI=1S/C9H20O5/c1-4-9(14-7(3)11)8(12)5-13-6(2)10/h6-12H,4-5H2,1-3H3. The van der Waals surface area contributed by atoms with Crippen molar-refractivity contribution in [2.75, 3.05) is 6.61 Å². The van der Waals surface area contributed by atoms with Gasteiger partial charge >= 0.3 is 0 Å². The molecule has 14 heavy (non-hydrogen) atoms. The normalized spacial score (nSPS) is 20.1. The lowest BCUT2D eigenvalue weighted by atomic mass is 10.1. The zero-order chi connectivity index (χ0) is 11.1. The van der Waals surface area contributed by atoms with Crippen molar-refractivity contribution in [2.45, 2.75) is 52.0 Å². The molecule has 0 saturated heterocycles. The van der Waals surface area contributed by atoms with Crippen molar-refractivity contribution in [1.82, 2.24) is 0 Å². The van der Waals surface area contributed by atoms with E-state index in [4.69, 9.17) is 19.7 Å². The van der Waals surface area contributed by atoms with Crippen LogP contribution in [-0.4, -0.2) is 46.7 Å². The van der Waals surface area contributed by atoms with Gasteiger partial charge in [0, 0.05) is 0 Å². The van der Waals surface area contributed by atoms with Crippen molar-refractivity contribution < 1.29 is 24.8 Å². The van der Waals surface area contributed by atoms with Gasteiger partial charge in [0.2, 0.25) is 0 Å². The molecule has 0 amide bonds. The Labute approximate surface area is 84.3 Å². The van der Waals surface area contributed by atoms with Crippen LogP contribution >= 0.6 is 0 Å². The molecule has 3 N–H and O–H groups in total. The van der Waals surface area contributed by atoms with Crippen molar-refractivity contribution in [3.63, 3.8) is 0 Å². The van der Waals surface area contributed by atoms with Gasteiger partial charge < -0.3 is 24.8 Å². The Morgan fingerprint density at radius 1 is 1.07 bits per heavy atom. The summed E-state index contributed by atoms with van der Waals surface area (Å²) in [5, 5.41) is 27.3. The summed E-state index contributed by atoms with van der Waals surface area (Å²) < 4.78 is 9.85. The van der Waals surface area contributed by atoms with Gasteiger partial charge in [0.1, 0.15) is 6.10 Å². The van der Waals surface area contributed by atoms with Crippen LogP contribution in [0.2, 0.25) is 0 Å². The van der Waals surface area contributed by atoms with Crippen LogP contribution in [0.25, 0.3) is 0 Å². The maximum atomic E-state index is 9.53. The van der Waals surface area contributed by atoms with E-state index < -0.39 is 24.8 Å². The van der Waals surface area contributed by atoms with Gasteiger partial charge in [-0.25, -0.2) is 0 Å². The molecule has 5 heteroatoms. The summed E-state index contributed by atoms with van der Waals surface area (Å²) in [6, 6.07) is 0. The number of ether oxygens (including phenoxy) is 2. The van der Waals surface area contributed by atoms with Gasteiger partial charge in [-0.3, -0.25) is 0 Å². The molecule has 0 aliphatic rings. The first kappa shape index (κ1) is 13.8. The predicted octanol–water partition coefficient (Wildman–Crippen LogP) is -0.164. The Balaban J connectivity index is 3.84. The fourth-order valence-electron chi connectivity index (χ4n) is 1.06. The summed E-state index contributed by atoms with van der Waals surface area (Å²) in [5.74, 6) is 0. The van der Waals surface area contributed by atoms with Crippen molar-refractivity contribution >= 4 is 0 Å². The van der Waals surface area contributed by atoms with Gasteiger partial charge in [-0.2, -0.15) is 0 Å². The number of aliphatic hydroxyl groups is 3. The van der Waals surface area contributed by atoms with Crippen molar-refractivity contribution in [2.24, 2.45) is 0 Å². The summed E-state index contributed by atoms with van der Waals surface area (Å²) in [6.07, 6.45) is -2.58. The monoisotopic (exact) mass is 208 g/mol. The van der Waals surface area contributed by atoms with Gasteiger partial charge in [0.05, 0.1) is 12.7 Å². The number of hydrogen-bond donors (Lipinski definition) is 3. The fraction of sp³-hybridized carbons (Fsp3) is 1.00. The van der Waals surface area contributed by atoms with Gasteiger partial charge in [-0.15, -0.1) is 0 Å². The molecule has 0 spiro atoms. The van der Waals surface area contributed by atoms with Gasteiger partial charge in [-0.1, -0.05) is 6.92 Å². The summed E-state index contributed by atoms with van der Waals surface area (Å²) in [5.41, 5.74) is 0. The van der Waals surface area contributed by atoms with E-state index in [1.165, 1.54) is 13.8 Å². The van der Waals surface area contributed by atoms with E-state index >= 15 is 0 Å². The Morgan fingerprint density at radius 2 is 1.64 bits per heavy atom. The topological polar surface area (TPSA) is 79.2 Å². The van der Waals surface area contributed by atoms with Crippen LogP contribution in [0.15, 0.2) is 0 Å². The van der Waals surface area contributed by atoms with E-state index in [0.29, 0.717) is 6.42 Å². The first-order valence-corrected chi connectivity index (χ1v) is 4.78. The highest BCUT2D eigenvalue weighted by molar-refractivity contribution is 4.67. The third-order valence-corrected chi connectivity index (χ3v) is 1.71. The summed E-state index contributed by atoms with van der Waals surface area (Å²) in [4.78, 5) is 0. The lowest BCUT2D eigenvalue weighted by molar-refractivity contribution is -0.180. The van der Waals surface area contributed by atoms with Crippen LogP contribution in [-0.2, 0) is 9.47 Å². The van der Waals surface area contributed by atoms with E-state index in [1.54, 1.807) is 0 Å². The number of hydrogen-bond acceptors (Lipinski definition) is 5. The first-order chi connectivity index (χ1) is 6.47. The highest BCUT2D eigenvalue weighted by atomic mass is 16.6. The molecule has 0 radical (unpaired) electrons. The highest BCUT2D eigenvalue weighted by Crippen LogP contribution is 2.07. The fourth-order valence-corrected chi connectivity index (χ4v) is 1.06. The summed E-state index contributed by atoms with van der Waals surface area (Å²) >= 11 is 0. The molecule has 0 aromatic rings. The smallest absolute Gasteiger partial charge is 0.152 e. The Morgan fingerprint density at radius 3 is 2.00 bits per heavy atom. The number of aliphatic hydroxyl groups excluding tert-OH is 3. The zero-order valence-electron chi connectivity index (χ0n) is 8.88. The van der Waals surface area contributed by atoms with Crippen LogP contribution in [0.3, 0.4) is 0 Å². The van der Waals surface area contributed by atoms with E-state index in [-0.39, 0.29) is 6.61 Å². The van der Waals surface area contributed by atoms with Gasteiger partial charge in [0.25, 0.3) is 0 Å². The highest BCUT2D eigenvalue weighted by Gasteiger charge is 2.20. The maximum absolute atomic E-state index is 9.53. The second-order valence-electron chi connectivity index (χ2n) is 3.18. The van der Waals surface area contributed by atoms with Gasteiger partial charge in [-0.05, 0) is 20.3 Å². The molecule has 0 aliphatic heterocycles. The Hall–Kier alpha value is -0.200. The molecule has 0 aromatic heterocycles. The average molecular weight is 208 g/mol. The largest absolute Gasteiger partial charge is 0.388 e. The van der Waals surface area contributed by atoms with Crippen LogP contribution in [0.5, 0.6) is 0 Å². The molecule has 0 bridgehead atoms. The third-order valence-electron chi connectivity index (χ3n) is 1.71. The lowest BCUT2D eigenvalue weighted by Gasteiger charge is -2.23. The molecule has 4 unspecified atom stereocenters. The SMILES string of the molecule is CCC(OC(C)O)C(O)COC(C)O. The molecule has 0 aromatic carbocycles. The minimum Gasteiger partial charge on any atom is -0.388 e. The third kappa shape index (κ3) is 6.28. The molecule has 86 valence electrons. The second-order valence-corrected chi connectivity index (χ2v) is 3.18. The molecule has 4 atom stereocenters. The zero-order valence-corrected chi connectivity index (χ0v) is 8.88. The summed E-state index contributed by atoms with van der Waals surface area (Å²) in [6.45, 7) is 4.76. The second kappa shape index (κ2) is 7.14. The molecule has 5 nitrogen and oxygen atoms in total. The predicted molar refractivity (Wildman–Crippen MR) is 50.5 cm³/mol. The number of rotatable bonds is 7. The van der Waals surface area contributed by atoms with E-state index in [9.17, 15) is 5.11 Å². The maximum Gasteiger partial charge on any atom is 0.152 e. The quantitative estimate of drug-likeness (QED) is 0.506. The minimum atomic E-state index is -0.916. The molecule has 0 saturated carbocycles. The Bertz CT molecular complexity index is 137. The van der Waals surface area contributed by atoms with Crippen LogP contribution < -0.4 is 0 Å². The first-order valence-electron chi connectivity index (χ1n) is 4.78. The van der Waals surface area contributed by atoms with Gasteiger partial charge in [0.15, 0.2) is 12.6 Å². The molecular formula is C9H20O5. The van der Waals surface area contributed by atoms with Crippen molar-refractivity contribution in [3.05, 3.63) is 0 Å².